The molecule has 3 rings (SSSR count). The van der Waals surface area contributed by atoms with Gasteiger partial charge in [-0.2, -0.15) is 13.2 Å². The van der Waals surface area contributed by atoms with Gasteiger partial charge in [-0.15, -0.1) is 0 Å². The topological polar surface area (TPSA) is 30.2 Å². The lowest BCUT2D eigenvalue weighted by molar-refractivity contribution is -0.0931. The van der Waals surface area contributed by atoms with E-state index < -0.39 is 17.6 Å². The molecule has 1 aromatic rings. The molecule has 0 bridgehead atoms. The Hall–Kier alpha value is -2.18. The summed E-state index contributed by atoms with van der Waals surface area (Å²) >= 11 is 0. The van der Waals surface area contributed by atoms with Crippen LogP contribution in [0.4, 0.5) is 17.6 Å². The van der Waals surface area contributed by atoms with Gasteiger partial charge in [0.05, 0.1) is 17.5 Å². The molecule has 0 N–H and O–H groups in total. The van der Waals surface area contributed by atoms with Crippen LogP contribution >= 0.6 is 0 Å². The summed E-state index contributed by atoms with van der Waals surface area (Å²) < 4.78 is 55.0. The molecule has 0 radical (unpaired) electrons. The molecule has 0 spiro atoms. The number of hydrogen-bond acceptors (Lipinski definition) is 2. The average Bonchev–Trinajstić information content (AvgIpc) is 3.28. The number of hydrogen-bond donors (Lipinski definition) is 0. The maximum absolute atomic E-state index is 14.3. The van der Waals surface area contributed by atoms with Crippen LogP contribution in [0.5, 0.6) is 0 Å². The number of imidazole rings is 1. The van der Waals surface area contributed by atoms with Gasteiger partial charge in [-0.25, -0.2) is 9.37 Å². The molecule has 3 nitrogen and oxygen atoms in total. The molecule has 0 saturated heterocycles. The van der Waals surface area contributed by atoms with Crippen LogP contribution in [0.1, 0.15) is 49.4 Å². The maximum atomic E-state index is 14.3. The molecule has 128 valence electrons. The summed E-state index contributed by atoms with van der Waals surface area (Å²) in [6.07, 6.45) is 1.29. The van der Waals surface area contributed by atoms with Crippen molar-refractivity contribution >= 4 is 18.4 Å². The number of halogens is 4. The first-order valence-corrected chi connectivity index (χ1v) is 7.74. The molecular weight excluding hydrogens is 322 g/mol. The number of rotatable bonds is 4. The summed E-state index contributed by atoms with van der Waals surface area (Å²) in [4.78, 5) is 7.75. The first kappa shape index (κ1) is 16.7. The zero-order valence-electron chi connectivity index (χ0n) is 13.2. The van der Waals surface area contributed by atoms with E-state index in [4.69, 9.17) is 0 Å². The van der Waals surface area contributed by atoms with E-state index >= 15 is 0 Å². The van der Waals surface area contributed by atoms with Crippen LogP contribution in [0, 0.1) is 0 Å². The lowest BCUT2D eigenvalue weighted by Gasteiger charge is -2.18. The third-order valence-corrected chi connectivity index (χ3v) is 4.25. The van der Waals surface area contributed by atoms with E-state index in [1.54, 1.807) is 13.0 Å². The van der Waals surface area contributed by atoms with Gasteiger partial charge in [0, 0.05) is 17.3 Å². The first-order chi connectivity index (χ1) is 11.4. The highest BCUT2D eigenvalue weighted by Gasteiger charge is 2.38. The molecule has 1 aromatic heterocycles. The Kier molecular flexibility index (Phi) is 4.19. The lowest BCUT2D eigenvalue weighted by atomic mass is 9.99. The van der Waals surface area contributed by atoms with Gasteiger partial charge in [0.25, 0.3) is 0 Å². The predicted octanol–water partition coefficient (Wildman–Crippen LogP) is 5.02. The number of fused-ring (bicyclic) bond motifs is 1. The fraction of sp³-hybridized carbons (Fsp3) is 0.412. The molecule has 0 aromatic carbocycles. The third-order valence-electron chi connectivity index (χ3n) is 4.25. The van der Waals surface area contributed by atoms with Crippen LogP contribution in [0.2, 0.25) is 0 Å². The minimum absolute atomic E-state index is 0.0773. The third kappa shape index (κ3) is 2.95. The van der Waals surface area contributed by atoms with Crippen molar-refractivity contribution < 1.29 is 17.6 Å². The van der Waals surface area contributed by atoms with Crippen molar-refractivity contribution in [2.75, 3.05) is 0 Å². The highest BCUT2D eigenvalue weighted by Crippen LogP contribution is 2.43. The zero-order chi connectivity index (χ0) is 17.5. The molecule has 0 atom stereocenters. The van der Waals surface area contributed by atoms with Crippen LogP contribution < -0.4 is 0 Å². The molecule has 2 aliphatic rings. The molecule has 0 unspecified atom stereocenters. The number of aliphatic imine (C=N–C) groups is 1. The summed E-state index contributed by atoms with van der Waals surface area (Å²) in [5.41, 5.74) is 0.673. The van der Waals surface area contributed by atoms with E-state index in [0.29, 0.717) is 5.82 Å². The highest BCUT2D eigenvalue weighted by atomic mass is 19.4. The maximum Gasteiger partial charge on any atom is 0.412 e. The van der Waals surface area contributed by atoms with Gasteiger partial charge in [0.2, 0.25) is 0 Å². The molecule has 0 aliphatic heterocycles. The summed E-state index contributed by atoms with van der Waals surface area (Å²) in [7, 11) is 0. The van der Waals surface area contributed by atoms with Gasteiger partial charge in [-0.05, 0) is 45.4 Å². The quantitative estimate of drug-likeness (QED) is 0.430. The highest BCUT2D eigenvalue weighted by molar-refractivity contribution is 5.75. The van der Waals surface area contributed by atoms with Gasteiger partial charge in [0.1, 0.15) is 5.82 Å². The zero-order valence-corrected chi connectivity index (χ0v) is 13.2. The Morgan fingerprint density at radius 3 is 2.62 bits per heavy atom. The van der Waals surface area contributed by atoms with E-state index in [9.17, 15) is 17.6 Å². The molecule has 0 amide bonds. The van der Waals surface area contributed by atoms with E-state index in [1.807, 2.05) is 4.57 Å². The Balaban J connectivity index is 2.13. The lowest BCUT2D eigenvalue weighted by Crippen LogP contribution is -2.16. The van der Waals surface area contributed by atoms with Crippen molar-refractivity contribution in [1.29, 1.82) is 0 Å². The van der Waals surface area contributed by atoms with Crippen LogP contribution in [0.3, 0.4) is 0 Å². The van der Waals surface area contributed by atoms with Gasteiger partial charge in [-0.3, -0.25) is 4.99 Å². The number of allylic oxidation sites excluding steroid dienone is 4. The Morgan fingerprint density at radius 2 is 2.08 bits per heavy atom. The van der Waals surface area contributed by atoms with Crippen molar-refractivity contribution in [3.8, 4) is 0 Å². The Bertz CT molecular complexity index is 762. The van der Waals surface area contributed by atoms with E-state index in [0.717, 1.165) is 30.8 Å². The van der Waals surface area contributed by atoms with Crippen molar-refractivity contribution in [2.45, 2.75) is 44.8 Å². The molecule has 2 aliphatic carbocycles. The molecule has 1 heterocycles. The Morgan fingerprint density at radius 1 is 1.38 bits per heavy atom. The molecule has 1 fully saturated rings. The van der Waals surface area contributed by atoms with Crippen LogP contribution in [0.25, 0.3) is 11.6 Å². The van der Waals surface area contributed by atoms with Crippen molar-refractivity contribution in [1.82, 2.24) is 9.55 Å². The molecular formula is C17H17F4N3. The largest absolute Gasteiger partial charge is 0.412 e. The first-order valence-electron chi connectivity index (χ1n) is 7.74. The SMILES string of the molecule is C=NC=C(F)C(=CC)c1nc2c(n1C1CC1)CCC(C(F)(F)F)=C2. The van der Waals surface area contributed by atoms with Crippen molar-refractivity contribution in [3.05, 3.63) is 40.9 Å². The van der Waals surface area contributed by atoms with Crippen molar-refractivity contribution in [3.63, 3.8) is 0 Å². The van der Waals surface area contributed by atoms with E-state index in [-0.39, 0.29) is 30.2 Å². The fourth-order valence-corrected chi connectivity index (χ4v) is 3.00. The smallest absolute Gasteiger partial charge is 0.324 e. The molecule has 24 heavy (non-hydrogen) atoms. The average molecular weight is 339 g/mol. The summed E-state index contributed by atoms with van der Waals surface area (Å²) in [6, 6.07) is 0.177. The molecule has 1 saturated carbocycles. The molecule has 7 heteroatoms. The Labute approximate surface area is 137 Å². The number of aromatic nitrogens is 2. The van der Waals surface area contributed by atoms with E-state index in [1.165, 1.54) is 0 Å². The standard InChI is InChI=1S/C17H17F4N3/c1-3-12(13(18)9-22-2)16-23-14-8-10(17(19,20)21)4-7-15(14)24(16)11-5-6-11/h3,8-9,11H,2,4-7H2,1H3. The van der Waals surface area contributed by atoms with Crippen LogP contribution in [0.15, 0.2) is 28.7 Å². The van der Waals surface area contributed by atoms with Crippen LogP contribution in [-0.4, -0.2) is 22.4 Å². The predicted molar refractivity (Wildman–Crippen MR) is 85.2 cm³/mol. The van der Waals surface area contributed by atoms with Crippen LogP contribution in [-0.2, 0) is 6.42 Å². The fourth-order valence-electron chi connectivity index (χ4n) is 3.00. The number of nitrogens with zero attached hydrogens (tertiary/aromatic N) is 3. The summed E-state index contributed by atoms with van der Waals surface area (Å²) in [5, 5.41) is 0. The minimum Gasteiger partial charge on any atom is -0.324 e. The summed E-state index contributed by atoms with van der Waals surface area (Å²) in [6.45, 7) is 4.89. The van der Waals surface area contributed by atoms with Gasteiger partial charge < -0.3 is 4.57 Å². The van der Waals surface area contributed by atoms with Gasteiger partial charge in [-0.1, -0.05) is 6.08 Å². The second-order valence-corrected chi connectivity index (χ2v) is 5.90. The normalized spacial score (nSPS) is 19.1. The summed E-state index contributed by atoms with van der Waals surface area (Å²) in [5.74, 6) is -0.237. The van der Waals surface area contributed by atoms with Gasteiger partial charge >= 0.3 is 6.18 Å². The van der Waals surface area contributed by atoms with Gasteiger partial charge in [0.15, 0.2) is 5.83 Å². The number of alkyl halides is 3. The monoisotopic (exact) mass is 339 g/mol. The second-order valence-electron chi connectivity index (χ2n) is 5.90. The van der Waals surface area contributed by atoms with E-state index in [2.05, 4.69) is 16.7 Å². The second kappa shape index (κ2) is 6.03. The minimum atomic E-state index is -4.36. The van der Waals surface area contributed by atoms with Crippen molar-refractivity contribution in [2.24, 2.45) is 4.99 Å².